The zero-order valence-corrected chi connectivity index (χ0v) is 12.2. The van der Waals surface area contributed by atoms with Gasteiger partial charge in [0.1, 0.15) is 5.75 Å². The smallest absolute Gasteiger partial charge is 0.144 e. The highest BCUT2D eigenvalue weighted by molar-refractivity contribution is 5.62. The first-order valence-corrected chi connectivity index (χ1v) is 7.55. The molecule has 0 unspecified atom stereocenters. The van der Waals surface area contributed by atoms with Crippen molar-refractivity contribution in [2.75, 3.05) is 23.8 Å². The van der Waals surface area contributed by atoms with E-state index in [-0.39, 0.29) is 0 Å². The Bertz CT molecular complexity index is 400. The van der Waals surface area contributed by atoms with Gasteiger partial charge >= 0.3 is 0 Å². The van der Waals surface area contributed by atoms with Gasteiger partial charge in [-0.3, -0.25) is 0 Å². The Morgan fingerprint density at radius 2 is 1.95 bits per heavy atom. The summed E-state index contributed by atoms with van der Waals surface area (Å²) in [5.41, 5.74) is 7.92. The molecule has 0 aromatic heterocycles. The summed E-state index contributed by atoms with van der Waals surface area (Å²) in [6.07, 6.45) is 6.72. The molecule has 0 aliphatic heterocycles. The largest absolute Gasteiger partial charge is 0.492 e. The summed E-state index contributed by atoms with van der Waals surface area (Å²) < 4.78 is 5.61. The number of hydrogen-bond acceptors (Lipinski definition) is 3. The van der Waals surface area contributed by atoms with Gasteiger partial charge in [-0.05, 0) is 38.8 Å². The van der Waals surface area contributed by atoms with Gasteiger partial charge in [-0.15, -0.1) is 0 Å². The monoisotopic (exact) mass is 262 g/mol. The molecule has 1 aromatic rings. The highest BCUT2D eigenvalue weighted by atomic mass is 16.5. The molecule has 2 N–H and O–H groups in total. The Labute approximate surface area is 116 Å². The fourth-order valence-electron chi connectivity index (χ4n) is 3.03. The van der Waals surface area contributed by atoms with E-state index in [9.17, 15) is 0 Å². The minimum atomic E-state index is 0.656. The standard InChI is InChI=1S/C16H26N2O/c1-3-18(13-8-6-5-7-9-13)14-10-11-15(17)16(12-14)19-4-2/h10-13H,3-9,17H2,1-2H3. The van der Waals surface area contributed by atoms with Gasteiger partial charge in [0.15, 0.2) is 0 Å². The lowest BCUT2D eigenvalue weighted by Gasteiger charge is -2.35. The van der Waals surface area contributed by atoms with E-state index < -0.39 is 0 Å². The first kappa shape index (κ1) is 14.0. The maximum Gasteiger partial charge on any atom is 0.144 e. The Morgan fingerprint density at radius 3 is 2.58 bits per heavy atom. The summed E-state index contributed by atoms with van der Waals surface area (Å²) in [7, 11) is 0. The normalized spacial score (nSPS) is 16.3. The van der Waals surface area contributed by atoms with Gasteiger partial charge < -0.3 is 15.4 Å². The van der Waals surface area contributed by atoms with E-state index in [2.05, 4.69) is 24.0 Å². The highest BCUT2D eigenvalue weighted by Gasteiger charge is 2.20. The molecule has 0 atom stereocenters. The molecule has 1 aromatic carbocycles. The second-order valence-corrected chi connectivity index (χ2v) is 5.23. The van der Waals surface area contributed by atoms with Gasteiger partial charge in [0.05, 0.1) is 12.3 Å². The lowest BCUT2D eigenvalue weighted by atomic mass is 9.94. The molecule has 3 heteroatoms. The maximum absolute atomic E-state index is 5.95. The summed E-state index contributed by atoms with van der Waals surface area (Å²) in [6.45, 7) is 5.92. The van der Waals surface area contributed by atoms with E-state index in [0.717, 1.165) is 18.0 Å². The molecular formula is C16H26N2O. The van der Waals surface area contributed by atoms with E-state index >= 15 is 0 Å². The van der Waals surface area contributed by atoms with Crippen LogP contribution in [0.5, 0.6) is 5.75 Å². The number of nitrogens with two attached hydrogens (primary N) is 1. The Kier molecular flexibility index (Phi) is 4.94. The molecule has 1 aliphatic rings. The molecule has 2 rings (SSSR count). The van der Waals surface area contributed by atoms with Crippen molar-refractivity contribution in [3.63, 3.8) is 0 Å². The lowest BCUT2D eigenvalue weighted by Crippen LogP contribution is -2.36. The van der Waals surface area contributed by atoms with Crippen LogP contribution in [-0.4, -0.2) is 19.2 Å². The predicted octanol–water partition coefficient (Wildman–Crippen LogP) is 3.83. The number of hydrogen-bond donors (Lipinski definition) is 1. The second kappa shape index (κ2) is 6.69. The molecule has 0 spiro atoms. The van der Waals surface area contributed by atoms with Crippen LogP contribution in [0.25, 0.3) is 0 Å². The fraction of sp³-hybridized carbons (Fsp3) is 0.625. The Morgan fingerprint density at radius 1 is 1.21 bits per heavy atom. The Hall–Kier alpha value is -1.38. The van der Waals surface area contributed by atoms with Crippen LogP contribution in [0.1, 0.15) is 46.0 Å². The van der Waals surface area contributed by atoms with Crippen molar-refractivity contribution in [2.45, 2.75) is 52.0 Å². The molecule has 0 heterocycles. The molecule has 1 fully saturated rings. The van der Waals surface area contributed by atoms with Crippen molar-refractivity contribution >= 4 is 11.4 Å². The van der Waals surface area contributed by atoms with Crippen molar-refractivity contribution in [1.82, 2.24) is 0 Å². The summed E-state index contributed by atoms with van der Waals surface area (Å²) in [4.78, 5) is 2.50. The topological polar surface area (TPSA) is 38.5 Å². The third-order valence-corrected chi connectivity index (χ3v) is 3.98. The molecule has 3 nitrogen and oxygen atoms in total. The van der Waals surface area contributed by atoms with Crippen LogP contribution in [-0.2, 0) is 0 Å². The molecule has 1 aliphatic carbocycles. The van der Waals surface area contributed by atoms with Gasteiger partial charge in [-0.2, -0.15) is 0 Å². The maximum atomic E-state index is 5.95. The van der Waals surface area contributed by atoms with Crippen LogP contribution in [0.2, 0.25) is 0 Å². The minimum Gasteiger partial charge on any atom is -0.492 e. The van der Waals surface area contributed by atoms with Crippen molar-refractivity contribution in [3.8, 4) is 5.75 Å². The third-order valence-electron chi connectivity index (χ3n) is 3.98. The van der Waals surface area contributed by atoms with Crippen LogP contribution in [0.4, 0.5) is 11.4 Å². The molecular weight excluding hydrogens is 236 g/mol. The molecule has 19 heavy (non-hydrogen) atoms. The third kappa shape index (κ3) is 3.34. The van der Waals surface area contributed by atoms with E-state index in [1.165, 1.54) is 37.8 Å². The first-order chi connectivity index (χ1) is 9.26. The highest BCUT2D eigenvalue weighted by Crippen LogP contribution is 2.32. The Balaban J connectivity index is 2.19. The van der Waals surface area contributed by atoms with Gasteiger partial charge in [0, 0.05) is 24.3 Å². The quantitative estimate of drug-likeness (QED) is 0.820. The fourth-order valence-corrected chi connectivity index (χ4v) is 3.03. The molecule has 106 valence electrons. The minimum absolute atomic E-state index is 0.656. The van der Waals surface area contributed by atoms with E-state index in [1.54, 1.807) is 0 Å². The van der Waals surface area contributed by atoms with Crippen LogP contribution >= 0.6 is 0 Å². The van der Waals surface area contributed by atoms with E-state index in [0.29, 0.717) is 12.6 Å². The molecule has 0 bridgehead atoms. The zero-order chi connectivity index (χ0) is 13.7. The lowest BCUT2D eigenvalue weighted by molar-refractivity contribution is 0.342. The number of rotatable bonds is 5. The number of nitrogen functional groups attached to an aromatic ring is 1. The van der Waals surface area contributed by atoms with Crippen LogP contribution in [0.3, 0.4) is 0 Å². The average molecular weight is 262 g/mol. The summed E-state index contributed by atoms with van der Waals surface area (Å²) in [5, 5.41) is 0. The van der Waals surface area contributed by atoms with Crippen molar-refractivity contribution in [2.24, 2.45) is 0 Å². The molecule has 1 saturated carbocycles. The van der Waals surface area contributed by atoms with Gasteiger partial charge in [-0.25, -0.2) is 0 Å². The number of anilines is 2. The molecule has 0 saturated heterocycles. The SMILES string of the molecule is CCOc1cc(N(CC)C2CCCCC2)ccc1N. The zero-order valence-electron chi connectivity index (χ0n) is 12.2. The van der Waals surface area contributed by atoms with Crippen molar-refractivity contribution in [3.05, 3.63) is 18.2 Å². The van der Waals surface area contributed by atoms with Gasteiger partial charge in [-0.1, -0.05) is 19.3 Å². The first-order valence-electron chi connectivity index (χ1n) is 7.55. The van der Waals surface area contributed by atoms with E-state index in [4.69, 9.17) is 10.5 Å². The summed E-state index contributed by atoms with van der Waals surface area (Å²) in [5.74, 6) is 0.814. The second-order valence-electron chi connectivity index (χ2n) is 5.23. The molecule has 0 amide bonds. The predicted molar refractivity (Wildman–Crippen MR) is 81.9 cm³/mol. The van der Waals surface area contributed by atoms with E-state index in [1.807, 2.05) is 13.0 Å². The van der Waals surface area contributed by atoms with Gasteiger partial charge in [0.2, 0.25) is 0 Å². The van der Waals surface area contributed by atoms with Crippen LogP contribution in [0.15, 0.2) is 18.2 Å². The van der Waals surface area contributed by atoms with Crippen LogP contribution < -0.4 is 15.4 Å². The summed E-state index contributed by atoms with van der Waals surface area (Å²) in [6, 6.07) is 6.86. The van der Waals surface area contributed by atoms with Crippen molar-refractivity contribution < 1.29 is 4.74 Å². The van der Waals surface area contributed by atoms with Crippen LogP contribution in [0, 0.1) is 0 Å². The average Bonchev–Trinajstić information content (AvgIpc) is 2.44. The van der Waals surface area contributed by atoms with Gasteiger partial charge in [0.25, 0.3) is 0 Å². The number of nitrogens with zero attached hydrogens (tertiary/aromatic N) is 1. The molecule has 0 radical (unpaired) electrons. The number of ether oxygens (including phenoxy) is 1. The number of benzene rings is 1. The van der Waals surface area contributed by atoms with Crippen molar-refractivity contribution in [1.29, 1.82) is 0 Å². The summed E-state index contributed by atoms with van der Waals surface area (Å²) >= 11 is 0.